The average molecular weight is 418 g/mol. The first-order valence-corrected chi connectivity index (χ1v) is 9.45. The smallest absolute Gasteiger partial charge is 0.360 e. The van der Waals surface area contributed by atoms with Crippen LogP contribution in [0.15, 0.2) is 53.4 Å². The molecule has 0 bridgehead atoms. The minimum Gasteiger partial charge on any atom is -0.360 e. The van der Waals surface area contributed by atoms with Gasteiger partial charge < -0.3 is 5.53 Å². The Hall–Kier alpha value is -1.69. The largest absolute Gasteiger partial charge is 0.456 e. The van der Waals surface area contributed by atoms with E-state index in [1.165, 1.54) is 36.4 Å². The number of sulfone groups is 1. The molecule has 0 aliphatic rings. The van der Waals surface area contributed by atoms with Crippen LogP contribution in [0, 0.1) is 6.92 Å². The van der Waals surface area contributed by atoms with Crippen molar-refractivity contribution in [2.45, 2.75) is 15.6 Å². The van der Waals surface area contributed by atoms with Gasteiger partial charge in [0, 0.05) is 11.1 Å². The van der Waals surface area contributed by atoms with Gasteiger partial charge >= 0.3 is 5.04 Å². The van der Waals surface area contributed by atoms with Crippen LogP contribution in [0.5, 0.6) is 0 Å². The van der Waals surface area contributed by atoms with Crippen LogP contribution in [0.2, 0.25) is 0 Å². The summed E-state index contributed by atoms with van der Waals surface area (Å²) >= 11 is 17.2. The fourth-order valence-electron chi connectivity index (χ4n) is 1.98. The highest BCUT2D eigenvalue weighted by molar-refractivity contribution is 8.08. The lowest BCUT2D eigenvalue weighted by Crippen LogP contribution is -2.26. The van der Waals surface area contributed by atoms with Gasteiger partial charge in [0.15, 0.2) is 0 Å². The fourth-order valence-corrected chi connectivity index (χ4v) is 3.55. The van der Waals surface area contributed by atoms with E-state index in [4.69, 9.17) is 40.3 Å². The Kier molecular flexibility index (Phi) is 5.72. The predicted octanol–water partition coefficient (Wildman–Crippen LogP) is 4.11. The van der Waals surface area contributed by atoms with Gasteiger partial charge in [0.25, 0.3) is 15.6 Å². The van der Waals surface area contributed by atoms with Crippen molar-refractivity contribution in [3.63, 3.8) is 0 Å². The summed E-state index contributed by atoms with van der Waals surface area (Å²) in [6.07, 6.45) is 0. The first-order valence-electron chi connectivity index (χ1n) is 6.83. The van der Waals surface area contributed by atoms with Crippen LogP contribution in [0.1, 0.15) is 21.5 Å². The zero-order valence-electron chi connectivity index (χ0n) is 12.8. The van der Waals surface area contributed by atoms with Crippen molar-refractivity contribution in [3.8, 4) is 0 Å². The molecule has 2 rings (SSSR count). The summed E-state index contributed by atoms with van der Waals surface area (Å²) in [5.74, 6) is -0.923. The molecule has 9 heteroatoms. The molecule has 25 heavy (non-hydrogen) atoms. The van der Waals surface area contributed by atoms with Crippen LogP contribution in [-0.2, 0) is 13.6 Å². The zero-order valence-corrected chi connectivity index (χ0v) is 15.9. The topological polar surface area (TPSA) is 87.6 Å². The SMILES string of the molecule is Cc1ccc(C(=O)C(=[N+]=[N-])S(=O)(=O)c2ccc(C(Cl)(Cl)Cl)cc2)cc1. The van der Waals surface area contributed by atoms with E-state index in [0.717, 1.165) is 5.56 Å². The van der Waals surface area contributed by atoms with Crippen molar-refractivity contribution in [2.75, 3.05) is 0 Å². The molecule has 2 aromatic rings. The van der Waals surface area contributed by atoms with Crippen LogP contribution < -0.4 is 0 Å². The highest BCUT2D eigenvalue weighted by Crippen LogP contribution is 2.38. The molecule has 0 saturated carbocycles. The Labute approximate surface area is 159 Å². The normalized spacial score (nSPS) is 11.7. The van der Waals surface area contributed by atoms with E-state index in [1.807, 2.05) is 6.92 Å². The number of ketones is 1. The monoisotopic (exact) mass is 416 g/mol. The lowest BCUT2D eigenvalue weighted by molar-refractivity contribution is -0.00158. The van der Waals surface area contributed by atoms with Crippen LogP contribution in [-0.4, -0.2) is 24.0 Å². The Morgan fingerprint density at radius 1 is 1.00 bits per heavy atom. The molecule has 2 aromatic carbocycles. The van der Waals surface area contributed by atoms with Gasteiger partial charge in [-0.1, -0.05) is 76.8 Å². The van der Waals surface area contributed by atoms with Crippen molar-refractivity contribution in [3.05, 3.63) is 70.8 Å². The molecule has 0 unspecified atom stereocenters. The summed E-state index contributed by atoms with van der Waals surface area (Å²) in [7, 11) is -4.35. The number of aryl methyl sites for hydroxylation is 1. The number of benzene rings is 2. The minimum atomic E-state index is -4.35. The second kappa shape index (κ2) is 7.28. The van der Waals surface area contributed by atoms with Crippen molar-refractivity contribution >= 4 is 55.5 Å². The van der Waals surface area contributed by atoms with E-state index < -0.39 is 24.5 Å². The maximum Gasteiger partial charge on any atom is 0.456 e. The summed E-state index contributed by atoms with van der Waals surface area (Å²) in [6.45, 7) is 1.82. The van der Waals surface area contributed by atoms with Crippen LogP contribution in [0.3, 0.4) is 0 Å². The van der Waals surface area contributed by atoms with E-state index in [-0.39, 0.29) is 16.0 Å². The Balaban J connectivity index is 2.44. The number of rotatable bonds is 3. The van der Waals surface area contributed by atoms with Gasteiger partial charge in [0.05, 0.1) is 4.90 Å². The standard InChI is InChI=1S/C16H11Cl3N2O3S/c1-10-2-4-11(5-3-10)14(22)15(21-20)25(23,24)13-8-6-12(7-9-13)16(17,18)19/h2-9H,1H3. The number of halogens is 3. The Morgan fingerprint density at radius 2 is 1.52 bits per heavy atom. The predicted molar refractivity (Wildman–Crippen MR) is 97.0 cm³/mol. The highest BCUT2D eigenvalue weighted by Gasteiger charge is 2.38. The first-order chi connectivity index (χ1) is 11.6. The van der Waals surface area contributed by atoms with Gasteiger partial charge in [0.1, 0.15) is 0 Å². The second-order valence-corrected chi connectivity index (χ2v) is 9.27. The van der Waals surface area contributed by atoms with Gasteiger partial charge in [-0.2, -0.15) is 0 Å². The van der Waals surface area contributed by atoms with Crippen molar-refractivity contribution in [1.82, 2.24) is 0 Å². The molecule has 5 nitrogen and oxygen atoms in total. The van der Waals surface area contributed by atoms with Crippen molar-refractivity contribution < 1.29 is 18.0 Å². The summed E-state index contributed by atoms with van der Waals surface area (Å²) in [5, 5.41) is -0.988. The fraction of sp³-hybridized carbons (Fsp3) is 0.125. The molecule has 0 atom stereocenters. The lowest BCUT2D eigenvalue weighted by Gasteiger charge is -2.11. The number of carbonyl (C=O) groups is 1. The molecule has 0 saturated heterocycles. The van der Waals surface area contributed by atoms with E-state index in [9.17, 15) is 13.2 Å². The van der Waals surface area contributed by atoms with E-state index in [0.29, 0.717) is 0 Å². The molecule has 0 radical (unpaired) electrons. The second-order valence-electron chi connectivity index (χ2n) is 5.13. The summed E-state index contributed by atoms with van der Waals surface area (Å²) < 4.78 is 23.5. The quantitative estimate of drug-likeness (QED) is 0.188. The molecular formula is C16H11Cl3N2O3S. The third-order valence-corrected chi connectivity index (χ3v) is 5.67. The minimum absolute atomic E-state index is 0.0832. The lowest BCUT2D eigenvalue weighted by atomic mass is 10.1. The average Bonchev–Trinajstić information content (AvgIpc) is 2.55. The summed E-state index contributed by atoms with van der Waals surface area (Å²) in [6, 6.07) is 11.1. The van der Waals surface area contributed by atoms with Crippen molar-refractivity contribution in [1.29, 1.82) is 0 Å². The van der Waals surface area contributed by atoms with Gasteiger partial charge in [0.2, 0.25) is 3.79 Å². The third kappa shape index (κ3) is 4.29. The number of hydrogen-bond acceptors (Lipinski definition) is 3. The number of alkyl halides is 3. The number of hydrogen-bond donors (Lipinski definition) is 0. The Morgan fingerprint density at radius 3 is 1.96 bits per heavy atom. The maximum atomic E-state index is 12.6. The molecule has 0 aliphatic heterocycles. The number of nitrogens with zero attached hydrogens (tertiary/aromatic N) is 2. The van der Waals surface area contributed by atoms with Crippen LogP contribution >= 0.6 is 34.8 Å². The molecule has 0 spiro atoms. The van der Waals surface area contributed by atoms with Gasteiger partial charge in [-0.05, 0) is 19.1 Å². The van der Waals surface area contributed by atoms with Gasteiger partial charge in [-0.3, -0.25) is 4.79 Å². The highest BCUT2D eigenvalue weighted by atomic mass is 35.6. The summed E-state index contributed by atoms with van der Waals surface area (Å²) in [4.78, 5) is 14.8. The molecular weight excluding hydrogens is 407 g/mol. The molecule has 0 fully saturated rings. The van der Waals surface area contributed by atoms with E-state index >= 15 is 0 Å². The first kappa shape index (κ1) is 19.6. The molecule has 0 N–H and O–H groups in total. The van der Waals surface area contributed by atoms with Crippen LogP contribution in [0.4, 0.5) is 0 Å². The molecule has 0 aliphatic carbocycles. The van der Waals surface area contributed by atoms with Crippen LogP contribution in [0.25, 0.3) is 5.53 Å². The van der Waals surface area contributed by atoms with Gasteiger partial charge in [-0.25, -0.2) is 8.42 Å². The molecule has 0 heterocycles. The zero-order chi connectivity index (χ0) is 18.8. The Bertz CT molecular complexity index is 957. The van der Waals surface area contributed by atoms with Crippen molar-refractivity contribution in [2.24, 2.45) is 0 Å². The number of carbonyl (C=O) groups excluding carboxylic acids is 1. The van der Waals surface area contributed by atoms with E-state index in [1.54, 1.807) is 12.1 Å². The van der Waals surface area contributed by atoms with Gasteiger partial charge in [-0.15, -0.1) is 4.79 Å². The summed E-state index contributed by atoms with van der Waals surface area (Å²) in [5.41, 5.74) is 10.3. The van der Waals surface area contributed by atoms with E-state index in [2.05, 4.69) is 4.79 Å². The number of Topliss-reactive ketones (excluding diaryl/α,β-unsaturated/α-hetero) is 1. The third-order valence-electron chi connectivity index (χ3n) is 3.35. The molecule has 130 valence electrons. The molecule has 0 amide bonds. The maximum absolute atomic E-state index is 12.6. The molecule has 0 aromatic heterocycles.